The summed E-state index contributed by atoms with van der Waals surface area (Å²) in [5, 5.41) is 5.94. The summed E-state index contributed by atoms with van der Waals surface area (Å²) in [5.41, 5.74) is 8.71. The summed E-state index contributed by atoms with van der Waals surface area (Å²) in [4.78, 5) is 33.3. The van der Waals surface area contributed by atoms with Crippen molar-refractivity contribution in [2.24, 2.45) is 5.11 Å². The monoisotopic (exact) mass is 604 g/mol. The molecule has 2 bridgehead atoms. The second-order valence-corrected chi connectivity index (χ2v) is 12.0. The normalized spacial score (nSPS) is 18.2. The van der Waals surface area contributed by atoms with Crippen LogP contribution < -0.4 is 9.64 Å². The molecule has 0 N–H and O–H groups in total. The zero-order valence-electron chi connectivity index (χ0n) is 24.0. The van der Waals surface area contributed by atoms with Gasteiger partial charge in [0.2, 0.25) is 0 Å². The molecule has 13 heteroatoms. The second-order valence-electron chi connectivity index (χ2n) is 11.6. The van der Waals surface area contributed by atoms with Crippen molar-refractivity contribution in [2.75, 3.05) is 31.1 Å². The zero-order chi connectivity index (χ0) is 30.3. The number of piperazine rings is 1. The van der Waals surface area contributed by atoms with Crippen molar-refractivity contribution < 1.29 is 18.7 Å². The number of rotatable bonds is 6. The van der Waals surface area contributed by atoms with Crippen LogP contribution in [0.25, 0.3) is 43.4 Å². The van der Waals surface area contributed by atoms with Crippen molar-refractivity contribution in [3.05, 3.63) is 63.9 Å². The van der Waals surface area contributed by atoms with Gasteiger partial charge in [-0.25, -0.2) is 9.18 Å². The number of carbonyl (C=O) groups excluding carboxylic acids is 1. The van der Waals surface area contributed by atoms with Gasteiger partial charge in [0.25, 0.3) is 0 Å². The van der Waals surface area contributed by atoms with Crippen LogP contribution in [0.4, 0.5) is 15.0 Å². The summed E-state index contributed by atoms with van der Waals surface area (Å²) in [6, 6.07) is 10.8. The van der Waals surface area contributed by atoms with Crippen LogP contribution >= 0.6 is 11.6 Å². The first kappa shape index (κ1) is 28.7. The van der Waals surface area contributed by atoms with E-state index in [1.165, 1.54) is 0 Å². The van der Waals surface area contributed by atoms with E-state index in [-0.39, 0.29) is 48.5 Å². The molecule has 222 valence electrons. The molecular weight excluding hydrogens is 575 g/mol. The highest BCUT2D eigenvalue weighted by atomic mass is 35.5. The van der Waals surface area contributed by atoms with Crippen molar-refractivity contribution in [1.29, 1.82) is 0 Å². The number of benzene rings is 2. The van der Waals surface area contributed by atoms with Crippen LogP contribution in [-0.4, -0.2) is 69.9 Å². The van der Waals surface area contributed by atoms with Gasteiger partial charge in [0.15, 0.2) is 5.82 Å². The summed E-state index contributed by atoms with van der Waals surface area (Å²) in [6.07, 6.45) is 2.88. The Morgan fingerprint density at radius 1 is 1.16 bits per heavy atom. The lowest BCUT2D eigenvalue weighted by Gasteiger charge is -2.42. The maximum absolute atomic E-state index is 16.5. The molecule has 4 aromatic rings. The minimum Gasteiger partial charge on any atom is -0.463 e. The number of anilines is 1. The molecule has 2 unspecified atom stereocenters. The van der Waals surface area contributed by atoms with E-state index in [1.807, 2.05) is 54.8 Å². The van der Waals surface area contributed by atoms with Gasteiger partial charge >= 0.3 is 12.1 Å². The Hall–Kier alpha value is -4.41. The Kier molecular flexibility index (Phi) is 7.57. The Morgan fingerprint density at radius 3 is 2.58 bits per heavy atom. The van der Waals surface area contributed by atoms with Crippen LogP contribution in [0.5, 0.6) is 6.01 Å². The molecule has 6 rings (SSSR count). The Labute approximate surface area is 252 Å². The minimum atomic E-state index is -0.635. The summed E-state index contributed by atoms with van der Waals surface area (Å²) in [5.74, 6) is -0.178. The number of azide groups is 1. The summed E-state index contributed by atoms with van der Waals surface area (Å²) < 4.78 is 27.9. The van der Waals surface area contributed by atoms with Crippen LogP contribution in [-0.2, 0) is 4.74 Å². The van der Waals surface area contributed by atoms with Crippen LogP contribution in [0.1, 0.15) is 33.6 Å². The number of nitrogens with zero attached hydrogens (tertiary/aromatic N) is 8. The number of fused-ring (bicyclic) bond motifs is 4. The summed E-state index contributed by atoms with van der Waals surface area (Å²) in [6.45, 7) is 6.57. The number of amides is 1. The molecule has 2 aliphatic heterocycles. The maximum atomic E-state index is 16.5. The lowest BCUT2D eigenvalue weighted by Crippen LogP contribution is -2.57. The molecule has 0 radical (unpaired) electrons. The van der Waals surface area contributed by atoms with E-state index in [0.29, 0.717) is 40.3 Å². The van der Waals surface area contributed by atoms with Gasteiger partial charge < -0.3 is 14.4 Å². The third-order valence-corrected chi connectivity index (χ3v) is 7.94. The number of carbonyl (C=O) groups is 1. The van der Waals surface area contributed by atoms with E-state index < -0.39 is 11.4 Å². The highest BCUT2D eigenvalue weighted by Crippen LogP contribution is 2.39. The Morgan fingerprint density at radius 2 is 1.88 bits per heavy atom. The van der Waals surface area contributed by atoms with Gasteiger partial charge in [-0.3, -0.25) is 9.88 Å². The first-order valence-electron chi connectivity index (χ1n) is 14.1. The molecule has 2 aliphatic rings. The van der Waals surface area contributed by atoms with E-state index in [2.05, 4.69) is 25.0 Å². The standard InChI is InChI=1S/C30H30ClFN8O3/c1-30(2,3)43-29(41)40-18-10-11-19(40)16-39(15-18)27-21-14-34-25(20-8-4-6-17-7-5-9-22(31)23(17)20)24(32)26(21)36-28(37-27)42-13-12-35-38-33/h4-9,14,18-19H,10-13,15-16H2,1-3H3. The van der Waals surface area contributed by atoms with Gasteiger partial charge in [0, 0.05) is 40.2 Å². The zero-order valence-corrected chi connectivity index (χ0v) is 24.8. The lowest BCUT2D eigenvalue weighted by molar-refractivity contribution is 0.0123. The van der Waals surface area contributed by atoms with Crippen LogP contribution in [0, 0.1) is 5.82 Å². The largest absolute Gasteiger partial charge is 0.463 e. The predicted octanol–water partition coefficient (Wildman–Crippen LogP) is 6.91. The number of hydrogen-bond donors (Lipinski definition) is 0. The molecule has 11 nitrogen and oxygen atoms in total. The third-order valence-electron chi connectivity index (χ3n) is 7.62. The van der Waals surface area contributed by atoms with E-state index in [1.54, 1.807) is 18.3 Å². The van der Waals surface area contributed by atoms with Crippen molar-refractivity contribution in [3.8, 4) is 17.3 Å². The summed E-state index contributed by atoms with van der Waals surface area (Å²) >= 11 is 6.55. The van der Waals surface area contributed by atoms with Gasteiger partial charge in [-0.05, 0) is 50.6 Å². The average molecular weight is 605 g/mol. The van der Waals surface area contributed by atoms with Crippen LogP contribution in [0.2, 0.25) is 5.02 Å². The SMILES string of the molecule is CC(C)(C)OC(=O)N1C2CCC1CN(c1nc(OCCN=[N+]=[N-])nc3c(F)c(-c4cccc5cccc(Cl)c45)ncc13)C2. The van der Waals surface area contributed by atoms with Crippen molar-refractivity contribution in [2.45, 2.75) is 51.3 Å². The van der Waals surface area contributed by atoms with Crippen LogP contribution in [0.15, 0.2) is 47.7 Å². The average Bonchev–Trinajstić information content (AvgIpc) is 3.24. The maximum Gasteiger partial charge on any atom is 0.410 e. The molecule has 2 aromatic carbocycles. The second kappa shape index (κ2) is 11.3. The van der Waals surface area contributed by atoms with Crippen LogP contribution in [0.3, 0.4) is 0 Å². The van der Waals surface area contributed by atoms with E-state index in [4.69, 9.17) is 26.6 Å². The van der Waals surface area contributed by atoms with E-state index in [0.717, 1.165) is 18.2 Å². The van der Waals surface area contributed by atoms with Gasteiger partial charge in [0.05, 0.1) is 30.6 Å². The molecule has 43 heavy (non-hydrogen) atoms. The topological polar surface area (TPSA) is 129 Å². The highest BCUT2D eigenvalue weighted by Gasteiger charge is 2.45. The van der Waals surface area contributed by atoms with E-state index in [9.17, 15) is 4.79 Å². The van der Waals surface area contributed by atoms with Gasteiger partial charge in [-0.1, -0.05) is 47.0 Å². The molecule has 2 fully saturated rings. The fourth-order valence-electron chi connectivity index (χ4n) is 5.92. The molecule has 1 amide bonds. The molecule has 0 spiro atoms. The Balaban J connectivity index is 1.42. The van der Waals surface area contributed by atoms with Gasteiger partial charge in [-0.15, -0.1) is 0 Å². The number of hydrogen-bond acceptors (Lipinski definition) is 8. The first-order valence-corrected chi connectivity index (χ1v) is 14.5. The predicted molar refractivity (Wildman–Crippen MR) is 162 cm³/mol. The third kappa shape index (κ3) is 5.55. The van der Waals surface area contributed by atoms with Crippen molar-refractivity contribution >= 4 is 45.2 Å². The molecule has 0 saturated carbocycles. The van der Waals surface area contributed by atoms with Crippen molar-refractivity contribution in [1.82, 2.24) is 19.9 Å². The molecular formula is C30H30ClFN8O3. The molecule has 0 aliphatic carbocycles. The molecule has 2 atom stereocenters. The number of pyridine rings is 1. The smallest absolute Gasteiger partial charge is 0.410 e. The fraction of sp³-hybridized carbons (Fsp3) is 0.400. The quantitative estimate of drug-likeness (QED) is 0.101. The summed E-state index contributed by atoms with van der Waals surface area (Å²) in [7, 11) is 0. The lowest BCUT2D eigenvalue weighted by atomic mass is 10.0. The molecule has 2 aromatic heterocycles. The Bertz CT molecular complexity index is 1760. The van der Waals surface area contributed by atoms with Crippen molar-refractivity contribution in [3.63, 3.8) is 0 Å². The fourth-order valence-corrected chi connectivity index (χ4v) is 6.20. The molecule has 2 saturated heterocycles. The van der Waals surface area contributed by atoms with E-state index >= 15 is 4.39 Å². The number of aromatic nitrogens is 3. The van der Waals surface area contributed by atoms with Gasteiger partial charge in [-0.2, -0.15) is 9.97 Å². The van der Waals surface area contributed by atoms with Gasteiger partial charge in [0.1, 0.15) is 22.6 Å². The number of halogens is 2. The number of ether oxygens (including phenoxy) is 2. The highest BCUT2D eigenvalue weighted by molar-refractivity contribution is 6.36. The molecule has 4 heterocycles. The first-order chi connectivity index (χ1) is 20.6. The minimum absolute atomic E-state index is 0.0190.